The Labute approximate surface area is 140 Å². The largest absolute Gasteiger partial charge is 0.507 e. The molecular weight excluding hydrogens is 306 g/mol. The first-order valence-electron chi connectivity index (χ1n) is 8.50. The number of hydrogen-bond donors (Lipinski definition) is 1. The van der Waals surface area contributed by atoms with Gasteiger partial charge in [-0.05, 0) is 42.8 Å². The predicted octanol–water partition coefficient (Wildman–Crippen LogP) is 2.91. The Bertz CT molecular complexity index is 754. The monoisotopic (exact) mass is 327 g/mol. The maximum Gasteiger partial charge on any atom is 0.254 e. The second-order valence-corrected chi connectivity index (χ2v) is 6.38. The van der Waals surface area contributed by atoms with E-state index in [1.54, 1.807) is 18.2 Å². The molecule has 0 spiro atoms. The molecule has 1 unspecified atom stereocenters. The van der Waals surface area contributed by atoms with Crippen LogP contribution < -0.4 is 0 Å². The van der Waals surface area contributed by atoms with Gasteiger partial charge in [0.25, 0.3) is 5.91 Å². The fourth-order valence-corrected chi connectivity index (χ4v) is 3.65. The standard InChI is InChI=1S/C19H21NO4/c21-17-6-3-4-13-7-8-14(12-15(13)17)18(22)20-9-2-1-5-16(20)19-23-10-11-24-19/h3-4,6-8,12,16,19,21H,1-2,5,9-11H2. The molecule has 2 aliphatic rings. The molecule has 2 saturated heterocycles. The van der Waals surface area contributed by atoms with Crippen LogP contribution in [0.4, 0.5) is 0 Å². The first kappa shape index (κ1) is 15.4. The van der Waals surface area contributed by atoms with Gasteiger partial charge in [-0.25, -0.2) is 0 Å². The molecule has 0 radical (unpaired) electrons. The van der Waals surface area contributed by atoms with E-state index >= 15 is 0 Å². The highest BCUT2D eigenvalue weighted by Gasteiger charge is 2.36. The van der Waals surface area contributed by atoms with Gasteiger partial charge in [-0.3, -0.25) is 4.79 Å². The summed E-state index contributed by atoms with van der Waals surface area (Å²) in [7, 11) is 0. The first-order chi connectivity index (χ1) is 11.7. The Balaban J connectivity index is 1.64. The molecule has 0 aliphatic carbocycles. The van der Waals surface area contributed by atoms with Crippen LogP contribution in [0.3, 0.4) is 0 Å². The number of ether oxygens (including phenoxy) is 2. The van der Waals surface area contributed by atoms with E-state index in [1.165, 1.54) is 0 Å². The van der Waals surface area contributed by atoms with Crippen molar-refractivity contribution in [3.8, 4) is 5.75 Å². The van der Waals surface area contributed by atoms with Gasteiger partial charge in [-0.1, -0.05) is 18.2 Å². The lowest BCUT2D eigenvalue weighted by Crippen LogP contribution is -2.50. The number of hydrogen-bond acceptors (Lipinski definition) is 4. The lowest BCUT2D eigenvalue weighted by atomic mass is 9.99. The average molecular weight is 327 g/mol. The molecule has 2 aromatic carbocycles. The topological polar surface area (TPSA) is 59.0 Å². The number of amides is 1. The van der Waals surface area contributed by atoms with Gasteiger partial charge in [0.2, 0.25) is 0 Å². The maximum atomic E-state index is 13.1. The van der Waals surface area contributed by atoms with Crippen LogP contribution >= 0.6 is 0 Å². The second kappa shape index (κ2) is 6.42. The van der Waals surface area contributed by atoms with Crippen molar-refractivity contribution >= 4 is 16.7 Å². The van der Waals surface area contributed by atoms with Crippen LogP contribution in [0.1, 0.15) is 29.6 Å². The number of carbonyl (C=O) groups excluding carboxylic acids is 1. The van der Waals surface area contributed by atoms with Crippen LogP contribution in [0.25, 0.3) is 10.8 Å². The molecule has 4 rings (SSSR count). The Morgan fingerprint density at radius 1 is 1.12 bits per heavy atom. The van der Waals surface area contributed by atoms with Crippen molar-refractivity contribution in [2.75, 3.05) is 19.8 Å². The molecule has 2 aliphatic heterocycles. The number of benzene rings is 2. The van der Waals surface area contributed by atoms with E-state index in [0.717, 1.165) is 24.6 Å². The van der Waals surface area contributed by atoms with E-state index in [9.17, 15) is 9.90 Å². The lowest BCUT2D eigenvalue weighted by Gasteiger charge is -2.38. The highest BCUT2D eigenvalue weighted by Crippen LogP contribution is 2.29. The Kier molecular flexibility index (Phi) is 4.12. The van der Waals surface area contributed by atoms with Crippen LogP contribution in [0.2, 0.25) is 0 Å². The molecule has 1 amide bonds. The molecule has 5 nitrogen and oxygen atoms in total. The molecule has 0 bridgehead atoms. The van der Waals surface area contributed by atoms with Crippen LogP contribution in [-0.2, 0) is 9.47 Å². The number of phenols is 1. The minimum atomic E-state index is -0.317. The zero-order valence-electron chi connectivity index (χ0n) is 13.5. The third kappa shape index (κ3) is 2.74. The third-order valence-electron chi connectivity index (χ3n) is 4.88. The van der Waals surface area contributed by atoms with Gasteiger partial charge in [-0.15, -0.1) is 0 Å². The van der Waals surface area contributed by atoms with Crippen molar-refractivity contribution in [3.63, 3.8) is 0 Å². The Morgan fingerprint density at radius 3 is 2.79 bits per heavy atom. The summed E-state index contributed by atoms with van der Waals surface area (Å²) in [6.45, 7) is 1.89. The van der Waals surface area contributed by atoms with E-state index in [0.29, 0.717) is 30.7 Å². The molecule has 2 heterocycles. The van der Waals surface area contributed by atoms with Crippen LogP contribution in [0.15, 0.2) is 36.4 Å². The summed E-state index contributed by atoms with van der Waals surface area (Å²) in [6, 6.07) is 10.8. The zero-order chi connectivity index (χ0) is 16.5. The minimum Gasteiger partial charge on any atom is -0.507 e. The van der Waals surface area contributed by atoms with Crippen LogP contribution in [0, 0.1) is 0 Å². The fraction of sp³-hybridized carbons (Fsp3) is 0.421. The number of fused-ring (bicyclic) bond motifs is 1. The molecular formula is C19H21NO4. The molecule has 24 heavy (non-hydrogen) atoms. The fourth-order valence-electron chi connectivity index (χ4n) is 3.65. The van der Waals surface area contributed by atoms with Crippen molar-refractivity contribution < 1.29 is 19.4 Å². The summed E-state index contributed by atoms with van der Waals surface area (Å²) >= 11 is 0. The maximum absolute atomic E-state index is 13.1. The lowest BCUT2D eigenvalue weighted by molar-refractivity contribution is -0.100. The van der Waals surface area contributed by atoms with Crippen LogP contribution in [-0.4, -0.2) is 48.0 Å². The number of nitrogens with zero attached hydrogens (tertiary/aromatic N) is 1. The summed E-state index contributed by atoms with van der Waals surface area (Å²) in [4.78, 5) is 14.9. The van der Waals surface area contributed by atoms with Crippen molar-refractivity contribution in [1.29, 1.82) is 0 Å². The van der Waals surface area contributed by atoms with E-state index in [1.807, 2.05) is 23.1 Å². The minimum absolute atomic E-state index is 0.0241. The van der Waals surface area contributed by atoms with Crippen molar-refractivity contribution in [3.05, 3.63) is 42.0 Å². The number of rotatable bonds is 2. The first-order valence-corrected chi connectivity index (χ1v) is 8.50. The smallest absolute Gasteiger partial charge is 0.254 e. The van der Waals surface area contributed by atoms with E-state index in [-0.39, 0.29) is 24.0 Å². The average Bonchev–Trinajstić information content (AvgIpc) is 3.16. The number of piperidine rings is 1. The molecule has 126 valence electrons. The number of aromatic hydroxyl groups is 1. The number of likely N-dealkylation sites (tertiary alicyclic amines) is 1. The van der Waals surface area contributed by atoms with Crippen molar-refractivity contribution in [2.24, 2.45) is 0 Å². The summed E-state index contributed by atoms with van der Waals surface area (Å²) in [5, 5.41) is 11.7. The second-order valence-electron chi connectivity index (χ2n) is 6.38. The molecule has 1 N–H and O–H groups in total. The molecule has 2 fully saturated rings. The number of phenolic OH excluding ortho intramolecular Hbond substituents is 1. The molecule has 2 aromatic rings. The normalized spacial score (nSPS) is 22.2. The third-order valence-corrected chi connectivity index (χ3v) is 4.88. The van der Waals surface area contributed by atoms with Gasteiger partial charge in [0, 0.05) is 17.5 Å². The van der Waals surface area contributed by atoms with Crippen molar-refractivity contribution in [2.45, 2.75) is 31.6 Å². The van der Waals surface area contributed by atoms with Gasteiger partial charge in [0.15, 0.2) is 6.29 Å². The zero-order valence-corrected chi connectivity index (χ0v) is 13.5. The number of carbonyl (C=O) groups is 1. The molecule has 0 saturated carbocycles. The van der Waals surface area contributed by atoms with Gasteiger partial charge in [-0.2, -0.15) is 0 Å². The van der Waals surface area contributed by atoms with Gasteiger partial charge < -0.3 is 19.5 Å². The summed E-state index contributed by atoms with van der Waals surface area (Å²) in [5.74, 6) is 0.170. The van der Waals surface area contributed by atoms with Gasteiger partial charge >= 0.3 is 0 Å². The summed E-state index contributed by atoms with van der Waals surface area (Å²) < 4.78 is 11.3. The van der Waals surface area contributed by atoms with E-state index in [2.05, 4.69) is 0 Å². The Hall–Kier alpha value is -2.11. The van der Waals surface area contributed by atoms with E-state index in [4.69, 9.17) is 9.47 Å². The molecule has 0 aromatic heterocycles. The molecule has 5 heteroatoms. The van der Waals surface area contributed by atoms with E-state index < -0.39 is 0 Å². The van der Waals surface area contributed by atoms with Gasteiger partial charge in [0.05, 0.1) is 19.3 Å². The summed E-state index contributed by atoms with van der Waals surface area (Å²) in [6.07, 6.45) is 2.65. The summed E-state index contributed by atoms with van der Waals surface area (Å²) in [5.41, 5.74) is 0.592. The SMILES string of the molecule is O=C(c1ccc2cccc(O)c2c1)N1CCCCC1C1OCCO1. The van der Waals surface area contributed by atoms with Crippen molar-refractivity contribution in [1.82, 2.24) is 4.90 Å². The Morgan fingerprint density at radius 2 is 1.96 bits per heavy atom. The van der Waals surface area contributed by atoms with Crippen LogP contribution in [0.5, 0.6) is 5.75 Å². The predicted molar refractivity (Wildman–Crippen MR) is 90.0 cm³/mol. The highest BCUT2D eigenvalue weighted by molar-refractivity contribution is 6.00. The van der Waals surface area contributed by atoms with Gasteiger partial charge in [0.1, 0.15) is 5.75 Å². The molecule has 1 atom stereocenters. The quantitative estimate of drug-likeness (QED) is 0.921. The highest BCUT2D eigenvalue weighted by atomic mass is 16.7.